The lowest BCUT2D eigenvalue weighted by atomic mass is 10.0. The molecule has 0 saturated heterocycles. The Hall–Kier alpha value is -3.21. The molecule has 1 heterocycles. The third-order valence-electron chi connectivity index (χ3n) is 4.15. The van der Waals surface area contributed by atoms with Gasteiger partial charge in [0.15, 0.2) is 5.78 Å². The van der Waals surface area contributed by atoms with Gasteiger partial charge >= 0.3 is 0 Å². The fraction of sp³-hybridized carbons (Fsp3) is 0.227. The summed E-state index contributed by atoms with van der Waals surface area (Å²) in [5.41, 5.74) is 2.85. The Morgan fingerprint density at radius 1 is 0.889 bits per heavy atom. The average molecular weight is 365 g/mol. The minimum absolute atomic E-state index is 0.0564. The van der Waals surface area contributed by atoms with Crippen LogP contribution in [0.1, 0.15) is 29.8 Å². The molecule has 0 unspecified atom stereocenters. The first-order chi connectivity index (χ1) is 13.2. The van der Waals surface area contributed by atoms with Gasteiger partial charge in [0, 0.05) is 28.6 Å². The van der Waals surface area contributed by atoms with Crippen molar-refractivity contribution in [3.63, 3.8) is 0 Å². The van der Waals surface area contributed by atoms with Crippen molar-refractivity contribution in [3.8, 4) is 28.5 Å². The molecule has 140 valence electrons. The predicted molar refractivity (Wildman–Crippen MR) is 105 cm³/mol. The van der Waals surface area contributed by atoms with Crippen molar-refractivity contribution in [2.45, 2.75) is 13.8 Å². The molecule has 0 bridgehead atoms. The van der Waals surface area contributed by atoms with Crippen LogP contribution in [0.4, 0.5) is 0 Å². The lowest BCUT2D eigenvalue weighted by Crippen LogP contribution is -1.99. The number of rotatable bonds is 8. The molecule has 5 nitrogen and oxygen atoms in total. The van der Waals surface area contributed by atoms with Crippen LogP contribution < -0.4 is 14.2 Å². The second-order valence-corrected chi connectivity index (χ2v) is 5.88. The van der Waals surface area contributed by atoms with Gasteiger partial charge in [0.1, 0.15) is 17.2 Å². The number of hydrogen-bond acceptors (Lipinski definition) is 4. The molecular weight excluding hydrogens is 342 g/mol. The number of ketones is 1. The van der Waals surface area contributed by atoms with E-state index >= 15 is 0 Å². The highest BCUT2D eigenvalue weighted by Crippen LogP contribution is 2.33. The monoisotopic (exact) mass is 365 g/mol. The summed E-state index contributed by atoms with van der Waals surface area (Å²) in [6, 6.07) is 14.6. The van der Waals surface area contributed by atoms with Gasteiger partial charge in [-0.1, -0.05) is 0 Å². The van der Waals surface area contributed by atoms with Gasteiger partial charge in [-0.2, -0.15) is 0 Å². The van der Waals surface area contributed by atoms with E-state index in [2.05, 4.69) is 4.98 Å². The number of carbonyl (C=O) groups is 1. The maximum absolute atomic E-state index is 12.8. The fourth-order valence-corrected chi connectivity index (χ4v) is 2.85. The molecule has 0 aliphatic carbocycles. The van der Waals surface area contributed by atoms with Crippen molar-refractivity contribution in [2.75, 3.05) is 20.3 Å². The lowest BCUT2D eigenvalue weighted by molar-refractivity contribution is 0.103. The van der Waals surface area contributed by atoms with Crippen LogP contribution in [-0.2, 0) is 0 Å². The van der Waals surface area contributed by atoms with Crippen molar-refractivity contribution < 1.29 is 19.0 Å². The molecule has 0 spiro atoms. The number of methoxy groups -OCH3 is 1. The third kappa shape index (κ3) is 4.14. The maximum atomic E-state index is 12.8. The number of carbonyl (C=O) groups excluding carboxylic acids is 1. The number of nitrogens with one attached hydrogen (secondary N) is 1. The van der Waals surface area contributed by atoms with Gasteiger partial charge in [0.25, 0.3) is 0 Å². The van der Waals surface area contributed by atoms with E-state index in [0.717, 1.165) is 28.5 Å². The number of benzene rings is 2. The van der Waals surface area contributed by atoms with Gasteiger partial charge in [-0.15, -0.1) is 0 Å². The molecule has 0 atom stereocenters. The summed E-state index contributed by atoms with van der Waals surface area (Å²) in [6.07, 6.45) is 1.71. The van der Waals surface area contributed by atoms with Crippen LogP contribution in [0, 0.1) is 0 Å². The van der Waals surface area contributed by atoms with E-state index in [4.69, 9.17) is 14.2 Å². The zero-order chi connectivity index (χ0) is 19.2. The van der Waals surface area contributed by atoms with Crippen LogP contribution >= 0.6 is 0 Å². The smallest absolute Gasteiger partial charge is 0.194 e. The van der Waals surface area contributed by atoms with Crippen LogP contribution in [0.25, 0.3) is 11.3 Å². The van der Waals surface area contributed by atoms with E-state index in [1.165, 1.54) is 0 Å². The minimum atomic E-state index is -0.0564. The zero-order valence-electron chi connectivity index (χ0n) is 15.7. The molecule has 3 rings (SSSR count). The van der Waals surface area contributed by atoms with Gasteiger partial charge in [-0.3, -0.25) is 4.79 Å². The summed E-state index contributed by atoms with van der Waals surface area (Å²) in [5.74, 6) is 2.16. The molecule has 0 radical (unpaired) electrons. The van der Waals surface area contributed by atoms with Gasteiger partial charge in [-0.25, -0.2) is 0 Å². The van der Waals surface area contributed by atoms with Crippen LogP contribution in [0.3, 0.4) is 0 Å². The Morgan fingerprint density at radius 3 is 2.26 bits per heavy atom. The Balaban J connectivity index is 1.92. The first kappa shape index (κ1) is 18.6. The third-order valence-corrected chi connectivity index (χ3v) is 4.15. The minimum Gasteiger partial charge on any atom is -0.497 e. The van der Waals surface area contributed by atoms with Crippen LogP contribution in [0.2, 0.25) is 0 Å². The Kier molecular flexibility index (Phi) is 5.81. The van der Waals surface area contributed by atoms with Gasteiger partial charge < -0.3 is 19.2 Å². The lowest BCUT2D eigenvalue weighted by Gasteiger charge is -2.11. The SMILES string of the molecule is CCOc1ccc(OCC)c(-c2cc(C(=O)c3ccc(OC)cc3)c[nH]2)c1. The number of ether oxygens (including phenoxy) is 3. The van der Waals surface area contributed by atoms with Crippen LogP contribution in [-0.4, -0.2) is 31.1 Å². The Bertz CT molecular complexity index is 912. The van der Waals surface area contributed by atoms with E-state index < -0.39 is 0 Å². The van der Waals surface area contributed by atoms with Crippen LogP contribution in [0.15, 0.2) is 54.7 Å². The van der Waals surface area contributed by atoms with Crippen molar-refractivity contribution in [1.29, 1.82) is 0 Å². The quantitative estimate of drug-likeness (QED) is 0.587. The van der Waals surface area contributed by atoms with Crippen molar-refractivity contribution in [1.82, 2.24) is 4.98 Å². The van der Waals surface area contributed by atoms with Gasteiger partial charge in [0.05, 0.1) is 20.3 Å². The topological polar surface area (TPSA) is 60.6 Å². The highest BCUT2D eigenvalue weighted by Gasteiger charge is 2.15. The summed E-state index contributed by atoms with van der Waals surface area (Å²) in [5, 5.41) is 0. The van der Waals surface area contributed by atoms with E-state index in [1.54, 1.807) is 37.6 Å². The second-order valence-electron chi connectivity index (χ2n) is 5.88. The zero-order valence-corrected chi connectivity index (χ0v) is 15.7. The first-order valence-electron chi connectivity index (χ1n) is 8.93. The predicted octanol–water partition coefficient (Wildman–Crippen LogP) is 4.72. The summed E-state index contributed by atoms with van der Waals surface area (Å²) in [6.45, 7) is 5.02. The molecule has 5 heteroatoms. The maximum Gasteiger partial charge on any atom is 0.194 e. The van der Waals surface area contributed by atoms with Gasteiger partial charge in [-0.05, 0) is 62.4 Å². The average Bonchev–Trinajstić information content (AvgIpc) is 3.19. The largest absolute Gasteiger partial charge is 0.497 e. The fourth-order valence-electron chi connectivity index (χ4n) is 2.85. The summed E-state index contributed by atoms with van der Waals surface area (Å²) < 4.78 is 16.5. The molecule has 1 N–H and O–H groups in total. The highest BCUT2D eigenvalue weighted by molar-refractivity contribution is 6.09. The number of aromatic nitrogens is 1. The molecule has 27 heavy (non-hydrogen) atoms. The molecule has 2 aromatic carbocycles. The number of aromatic amines is 1. The van der Waals surface area contributed by atoms with Crippen molar-refractivity contribution in [2.24, 2.45) is 0 Å². The van der Waals surface area contributed by atoms with Crippen molar-refractivity contribution >= 4 is 5.78 Å². The summed E-state index contributed by atoms with van der Waals surface area (Å²) in [4.78, 5) is 15.9. The molecule has 1 aromatic heterocycles. The van der Waals surface area contributed by atoms with E-state index in [1.807, 2.05) is 38.1 Å². The van der Waals surface area contributed by atoms with Crippen LogP contribution in [0.5, 0.6) is 17.2 Å². The summed E-state index contributed by atoms with van der Waals surface area (Å²) in [7, 11) is 1.60. The number of hydrogen-bond donors (Lipinski definition) is 1. The Labute approximate surface area is 158 Å². The van der Waals surface area contributed by atoms with E-state index in [-0.39, 0.29) is 5.78 Å². The molecule has 0 amide bonds. The molecule has 0 aliphatic rings. The second kappa shape index (κ2) is 8.45. The molecule has 0 aliphatic heterocycles. The molecular formula is C22H23NO4. The van der Waals surface area contributed by atoms with E-state index in [9.17, 15) is 4.79 Å². The summed E-state index contributed by atoms with van der Waals surface area (Å²) >= 11 is 0. The molecule has 3 aromatic rings. The van der Waals surface area contributed by atoms with Crippen molar-refractivity contribution in [3.05, 3.63) is 65.9 Å². The molecule has 0 fully saturated rings. The van der Waals surface area contributed by atoms with E-state index in [0.29, 0.717) is 24.3 Å². The Morgan fingerprint density at radius 2 is 1.59 bits per heavy atom. The highest BCUT2D eigenvalue weighted by atomic mass is 16.5. The van der Waals surface area contributed by atoms with Gasteiger partial charge in [0.2, 0.25) is 0 Å². The first-order valence-corrected chi connectivity index (χ1v) is 8.93. The normalized spacial score (nSPS) is 10.5. The molecule has 0 saturated carbocycles. The standard InChI is InChI=1S/C22H23NO4/c1-4-26-18-10-11-21(27-5-2)19(13-18)20-12-16(14-23-20)22(24)15-6-8-17(25-3)9-7-15/h6-14,23H,4-5H2,1-3H3. The number of H-pyrrole nitrogens is 1.